The van der Waals surface area contributed by atoms with Gasteiger partial charge in [0.1, 0.15) is 5.75 Å². The number of ether oxygens (including phenoxy) is 3. The molecule has 2 aromatic carbocycles. The van der Waals surface area contributed by atoms with E-state index in [1.165, 1.54) is 44.4 Å². The molecule has 260 valence electrons. The van der Waals surface area contributed by atoms with Gasteiger partial charge in [-0.1, -0.05) is 18.2 Å². The number of benzene rings is 2. The molecule has 8 atom stereocenters. The molecule has 0 radical (unpaired) electrons. The summed E-state index contributed by atoms with van der Waals surface area (Å²) in [6.45, 7) is 5.33. The van der Waals surface area contributed by atoms with E-state index in [1.807, 2.05) is 0 Å². The van der Waals surface area contributed by atoms with Crippen LogP contribution >= 0.6 is 0 Å². The van der Waals surface area contributed by atoms with Crippen molar-refractivity contribution in [2.75, 3.05) is 34.4 Å². The third kappa shape index (κ3) is 4.15. The van der Waals surface area contributed by atoms with Crippen LogP contribution in [-0.2, 0) is 40.6 Å². The van der Waals surface area contributed by atoms with Crippen LogP contribution in [0.5, 0.6) is 5.75 Å². The number of H-pyrrole nitrogens is 1. The maximum absolute atomic E-state index is 12.6. The van der Waals surface area contributed by atoms with E-state index in [1.54, 1.807) is 25.9 Å². The van der Waals surface area contributed by atoms with Gasteiger partial charge in [-0.05, 0) is 99.9 Å². The van der Waals surface area contributed by atoms with Gasteiger partial charge in [-0.2, -0.15) is 0 Å². The number of fused-ring (bicyclic) bond motifs is 16. The van der Waals surface area contributed by atoms with E-state index >= 15 is 0 Å². The van der Waals surface area contributed by atoms with Gasteiger partial charge in [0.15, 0.2) is 5.78 Å². The standard InChI is InChI=1S/C42H48N4O4/c1-21(47)31-18-49-19-32-27(31)13-38-41-29(15-36(32)44(38)3)28-12-23(40(48-6)17-34(28)43-41)11-25-22(2)50-20-33-26(25)14-39-42-30(16-37(33)45(39)4)24-9-7-8-10-35(24)46(42)5/h7-10,12,17-18,26-27,32-33,36-39,43H,11,13-16,19-20H2,1-6H3/t26-,27-,32+,33+,36-,37-,38-,39-/m0/s1. The minimum atomic E-state index is 0.137. The number of carbonyl (C=O) groups excluding carboxylic acids is 1. The summed E-state index contributed by atoms with van der Waals surface area (Å²) in [4.78, 5) is 21.7. The fourth-order valence-electron chi connectivity index (χ4n) is 11.6. The lowest BCUT2D eigenvalue weighted by atomic mass is 9.66. The van der Waals surface area contributed by atoms with Crippen LogP contribution < -0.4 is 4.74 Å². The smallest absolute Gasteiger partial charge is 0.159 e. The van der Waals surface area contributed by atoms with Crippen molar-refractivity contribution in [2.24, 2.45) is 30.7 Å². The Labute approximate surface area is 294 Å². The van der Waals surface area contributed by atoms with Gasteiger partial charge in [-0.3, -0.25) is 14.6 Å². The van der Waals surface area contributed by atoms with Gasteiger partial charge in [0.05, 0.1) is 44.4 Å². The van der Waals surface area contributed by atoms with E-state index in [4.69, 9.17) is 14.2 Å². The third-order valence-electron chi connectivity index (χ3n) is 14.2. The number of likely N-dealkylation sites (N-methyl/N-ethyl adjacent to an activating group) is 2. The summed E-state index contributed by atoms with van der Waals surface area (Å²) >= 11 is 0. The van der Waals surface area contributed by atoms with Gasteiger partial charge < -0.3 is 23.8 Å². The molecule has 0 aliphatic carbocycles. The van der Waals surface area contributed by atoms with Crippen molar-refractivity contribution >= 4 is 27.6 Å². The Balaban J connectivity index is 1.02. The highest BCUT2D eigenvalue weighted by molar-refractivity contribution is 5.94. The summed E-state index contributed by atoms with van der Waals surface area (Å²) in [5.74, 6) is 3.63. The van der Waals surface area contributed by atoms with E-state index in [0.29, 0.717) is 42.5 Å². The number of piperidine rings is 2. The first kappa shape index (κ1) is 30.8. The summed E-state index contributed by atoms with van der Waals surface area (Å²) in [5.41, 5.74) is 11.8. The zero-order valence-corrected chi connectivity index (χ0v) is 30.1. The first-order valence-electron chi connectivity index (χ1n) is 18.6. The largest absolute Gasteiger partial charge is 0.500 e. The van der Waals surface area contributed by atoms with Crippen molar-refractivity contribution < 1.29 is 19.0 Å². The SMILES string of the molecule is COc1cc2[nH]c3c(c2cc1CC1=C(C)OC[C@@H]2[C@H]1C[C@H]1c4c(c5ccccc5n4C)C[C@@H]2N1C)C[C@H]1[C@@H]2COC=C(C(C)=O)[C@@H]2C[C@@H]3N1C. The molecule has 0 amide bonds. The Bertz CT molecular complexity index is 2150. The van der Waals surface area contributed by atoms with Crippen LogP contribution in [0.25, 0.3) is 21.8 Å². The Hall–Kier alpha value is -4.01. The number of ketones is 1. The Morgan fingerprint density at radius 1 is 0.940 bits per heavy atom. The average Bonchev–Trinajstić information content (AvgIpc) is 3.59. The van der Waals surface area contributed by atoms with Crippen molar-refractivity contribution in [3.8, 4) is 5.75 Å². The summed E-state index contributed by atoms with van der Waals surface area (Å²) in [7, 11) is 8.66. The van der Waals surface area contributed by atoms with Gasteiger partial charge in [0.25, 0.3) is 0 Å². The first-order chi connectivity index (χ1) is 24.2. The zero-order valence-electron chi connectivity index (χ0n) is 30.1. The van der Waals surface area contributed by atoms with E-state index in [0.717, 1.165) is 61.3 Å². The van der Waals surface area contributed by atoms with Crippen LogP contribution in [0.2, 0.25) is 0 Å². The molecule has 8 nitrogen and oxygen atoms in total. The number of aromatic amines is 1. The Morgan fingerprint density at radius 2 is 1.68 bits per heavy atom. The summed E-state index contributed by atoms with van der Waals surface area (Å²) in [6.07, 6.45) is 6.61. The molecule has 2 aromatic heterocycles. The number of allylic oxidation sites excluding steroid dienone is 3. The second-order valence-corrected chi connectivity index (χ2v) is 16.1. The predicted molar refractivity (Wildman–Crippen MR) is 194 cm³/mol. The molecule has 0 saturated carbocycles. The topological polar surface area (TPSA) is 72.0 Å². The molecule has 8 heteroatoms. The number of hydrogen-bond acceptors (Lipinski definition) is 6. The molecular weight excluding hydrogens is 624 g/mol. The number of nitrogens with one attached hydrogen (secondary N) is 1. The molecule has 4 aromatic rings. The van der Waals surface area contributed by atoms with Crippen LogP contribution in [0.1, 0.15) is 66.9 Å². The quantitative estimate of drug-likeness (QED) is 0.258. The van der Waals surface area contributed by atoms with Crippen LogP contribution in [0.4, 0.5) is 0 Å². The Kier molecular flexibility index (Phi) is 6.77. The van der Waals surface area contributed by atoms with Crippen molar-refractivity contribution in [1.29, 1.82) is 0 Å². The highest BCUT2D eigenvalue weighted by Gasteiger charge is 2.51. The normalized spacial score (nSPS) is 31.7. The van der Waals surface area contributed by atoms with Gasteiger partial charge in [-0.25, -0.2) is 0 Å². The highest BCUT2D eigenvalue weighted by atomic mass is 16.5. The predicted octanol–water partition coefficient (Wildman–Crippen LogP) is 6.79. The fraction of sp³-hybridized carbons (Fsp3) is 0.500. The van der Waals surface area contributed by atoms with Crippen LogP contribution in [0.3, 0.4) is 0 Å². The highest BCUT2D eigenvalue weighted by Crippen LogP contribution is 2.54. The molecule has 10 rings (SSSR count). The van der Waals surface area contributed by atoms with Crippen LogP contribution in [0, 0.1) is 23.7 Å². The maximum Gasteiger partial charge on any atom is 0.159 e. The molecule has 1 N–H and O–H groups in total. The molecule has 8 heterocycles. The number of rotatable bonds is 4. The fourth-order valence-corrected chi connectivity index (χ4v) is 11.6. The second-order valence-electron chi connectivity index (χ2n) is 16.1. The van der Waals surface area contributed by atoms with E-state index < -0.39 is 0 Å². The summed E-state index contributed by atoms with van der Waals surface area (Å²) < 4.78 is 21.1. The molecular formula is C42H48N4O4. The number of aryl methyl sites for hydroxylation is 1. The average molecular weight is 673 g/mol. The van der Waals surface area contributed by atoms with Crippen molar-refractivity contribution in [1.82, 2.24) is 19.4 Å². The van der Waals surface area contributed by atoms with Crippen LogP contribution in [-0.4, -0.2) is 71.6 Å². The van der Waals surface area contributed by atoms with Gasteiger partial charge in [0, 0.05) is 82.2 Å². The lowest BCUT2D eigenvalue weighted by Crippen LogP contribution is -2.55. The lowest BCUT2D eigenvalue weighted by molar-refractivity contribution is -0.116. The van der Waals surface area contributed by atoms with Crippen LogP contribution in [0.15, 0.2) is 59.6 Å². The Morgan fingerprint density at radius 3 is 2.48 bits per heavy atom. The number of methoxy groups -OCH3 is 1. The maximum atomic E-state index is 12.6. The molecule has 2 saturated heterocycles. The number of nitrogens with zero attached hydrogens (tertiary/aromatic N) is 3. The van der Waals surface area contributed by atoms with Gasteiger partial charge in [0.2, 0.25) is 0 Å². The molecule has 6 aliphatic heterocycles. The van der Waals surface area contributed by atoms with E-state index in [-0.39, 0.29) is 17.7 Å². The lowest BCUT2D eigenvalue weighted by Gasteiger charge is -2.53. The number of para-hydroxylation sites is 1. The van der Waals surface area contributed by atoms with E-state index in [2.05, 4.69) is 83.8 Å². The van der Waals surface area contributed by atoms with Gasteiger partial charge in [-0.15, -0.1) is 0 Å². The molecule has 50 heavy (non-hydrogen) atoms. The number of hydrogen-bond donors (Lipinski definition) is 1. The number of Topliss-reactive ketones (excluding diaryl/α,β-unsaturated/α-hetero) is 1. The molecule has 6 aliphatic rings. The molecule has 2 fully saturated rings. The van der Waals surface area contributed by atoms with Crippen molar-refractivity contribution in [3.63, 3.8) is 0 Å². The van der Waals surface area contributed by atoms with Gasteiger partial charge >= 0.3 is 0 Å². The minimum absolute atomic E-state index is 0.137. The van der Waals surface area contributed by atoms with Crippen molar-refractivity contribution in [3.05, 3.63) is 87.6 Å². The van der Waals surface area contributed by atoms with E-state index in [9.17, 15) is 4.79 Å². The first-order valence-corrected chi connectivity index (χ1v) is 18.6. The third-order valence-corrected chi connectivity index (χ3v) is 14.2. The monoisotopic (exact) mass is 672 g/mol. The molecule has 0 unspecified atom stereocenters. The zero-order chi connectivity index (χ0) is 34.2. The number of carbonyl (C=O) groups is 1. The minimum Gasteiger partial charge on any atom is -0.500 e. The molecule has 0 spiro atoms. The number of aromatic nitrogens is 2. The summed E-state index contributed by atoms with van der Waals surface area (Å²) in [6, 6.07) is 15.0. The van der Waals surface area contributed by atoms with Crippen molar-refractivity contribution in [2.45, 2.75) is 70.1 Å². The second kappa shape index (κ2) is 11.0. The summed E-state index contributed by atoms with van der Waals surface area (Å²) in [5, 5.41) is 2.73. The molecule has 4 bridgehead atoms.